The van der Waals surface area contributed by atoms with Crippen LogP contribution in [0, 0.1) is 6.92 Å². The molecule has 1 aromatic heterocycles. The number of para-hydroxylation sites is 1. The molecule has 120 valence electrons. The largest absolute Gasteiger partial charge is 0.493 e. The lowest BCUT2D eigenvalue weighted by molar-refractivity contribution is -0.124. The summed E-state index contributed by atoms with van der Waals surface area (Å²) in [5, 5.41) is 3.24. The van der Waals surface area contributed by atoms with Crippen molar-refractivity contribution in [3.63, 3.8) is 0 Å². The van der Waals surface area contributed by atoms with Crippen molar-refractivity contribution in [1.82, 2.24) is 14.9 Å². The number of carbonyl (C=O) groups is 1. The minimum Gasteiger partial charge on any atom is -0.493 e. The highest BCUT2D eigenvalue weighted by Crippen LogP contribution is 2.33. The molecule has 2 aliphatic heterocycles. The molecule has 0 fully saturated rings. The fraction of sp³-hybridized carbons (Fsp3) is 0.444. The van der Waals surface area contributed by atoms with Gasteiger partial charge in [0.15, 0.2) is 0 Å². The Bertz CT molecular complexity index is 738. The number of rotatable bonds is 2. The van der Waals surface area contributed by atoms with Gasteiger partial charge in [-0.25, -0.2) is 4.98 Å². The van der Waals surface area contributed by atoms with E-state index in [4.69, 9.17) is 4.74 Å². The highest BCUT2D eigenvalue weighted by molar-refractivity contribution is 5.85. The van der Waals surface area contributed by atoms with E-state index in [2.05, 4.69) is 21.1 Å². The van der Waals surface area contributed by atoms with Crippen molar-refractivity contribution in [2.24, 2.45) is 0 Å². The maximum atomic E-state index is 12.8. The number of hydrogen-bond acceptors (Lipinski definition) is 3. The Morgan fingerprint density at radius 3 is 3.13 bits per heavy atom. The summed E-state index contributed by atoms with van der Waals surface area (Å²) in [7, 11) is 0. The number of imidazole rings is 1. The van der Waals surface area contributed by atoms with E-state index in [0.29, 0.717) is 6.61 Å². The van der Waals surface area contributed by atoms with Gasteiger partial charge in [-0.1, -0.05) is 18.2 Å². The van der Waals surface area contributed by atoms with Gasteiger partial charge in [-0.05, 0) is 25.8 Å². The smallest absolute Gasteiger partial charge is 0.228 e. The lowest BCUT2D eigenvalue weighted by Crippen LogP contribution is -2.43. The number of aryl methyl sites for hydroxylation is 2. The molecule has 2 aliphatic rings. The molecule has 5 heteroatoms. The summed E-state index contributed by atoms with van der Waals surface area (Å²) in [6.45, 7) is 3.43. The van der Waals surface area contributed by atoms with Crippen LogP contribution < -0.4 is 10.1 Å². The molecule has 0 radical (unpaired) electrons. The zero-order chi connectivity index (χ0) is 15.8. The molecule has 4 rings (SSSR count). The van der Waals surface area contributed by atoms with E-state index >= 15 is 0 Å². The number of nitrogens with zero attached hydrogens (tertiary/aromatic N) is 2. The molecule has 0 bridgehead atoms. The molecular formula is C18H21N3O2. The highest BCUT2D eigenvalue weighted by Gasteiger charge is 2.30. The Balaban J connectivity index is 1.47. The Labute approximate surface area is 135 Å². The Kier molecular flexibility index (Phi) is 3.56. The van der Waals surface area contributed by atoms with Crippen LogP contribution in [0.2, 0.25) is 0 Å². The van der Waals surface area contributed by atoms with E-state index in [1.807, 2.05) is 31.2 Å². The van der Waals surface area contributed by atoms with Gasteiger partial charge in [0.05, 0.1) is 18.2 Å². The normalized spacial score (nSPS) is 22.7. The van der Waals surface area contributed by atoms with Crippen LogP contribution in [0.25, 0.3) is 0 Å². The van der Waals surface area contributed by atoms with Gasteiger partial charge < -0.3 is 14.6 Å². The van der Waals surface area contributed by atoms with E-state index in [1.165, 1.54) is 0 Å². The molecule has 0 saturated carbocycles. The maximum Gasteiger partial charge on any atom is 0.228 e. The fourth-order valence-corrected chi connectivity index (χ4v) is 3.62. The van der Waals surface area contributed by atoms with Crippen molar-refractivity contribution in [2.45, 2.75) is 44.7 Å². The monoisotopic (exact) mass is 311 g/mol. The van der Waals surface area contributed by atoms with Crippen LogP contribution in [-0.4, -0.2) is 28.1 Å². The second-order valence-electron chi connectivity index (χ2n) is 6.42. The van der Waals surface area contributed by atoms with E-state index < -0.39 is 0 Å². The number of aromatic nitrogens is 2. The summed E-state index contributed by atoms with van der Waals surface area (Å²) in [4.78, 5) is 17.3. The molecule has 0 spiro atoms. The first kappa shape index (κ1) is 14.3. The van der Waals surface area contributed by atoms with Crippen LogP contribution >= 0.6 is 0 Å². The standard InChI is InChI=1S/C18H21N3O2/c1-12-10-21-11-13(6-7-17(21)19-12)20-18(22)15-8-9-23-16-5-3-2-4-14(15)16/h2-5,10,13,15H,6-9,11H2,1H3,(H,20,22)/t13-,15+/m0/s1. The Morgan fingerprint density at radius 2 is 2.22 bits per heavy atom. The number of fused-ring (bicyclic) bond motifs is 2. The third-order valence-corrected chi connectivity index (χ3v) is 4.73. The fourth-order valence-electron chi connectivity index (χ4n) is 3.62. The Morgan fingerprint density at radius 1 is 1.35 bits per heavy atom. The van der Waals surface area contributed by atoms with Crippen LogP contribution in [-0.2, 0) is 17.8 Å². The van der Waals surface area contributed by atoms with Gasteiger partial charge in [0.25, 0.3) is 0 Å². The third-order valence-electron chi connectivity index (χ3n) is 4.73. The summed E-state index contributed by atoms with van der Waals surface area (Å²) in [5.74, 6) is 1.98. The molecule has 3 heterocycles. The molecule has 2 aromatic rings. The minimum absolute atomic E-state index is 0.106. The van der Waals surface area contributed by atoms with Gasteiger partial charge in [0, 0.05) is 30.8 Å². The molecule has 0 aliphatic carbocycles. The number of ether oxygens (including phenoxy) is 1. The highest BCUT2D eigenvalue weighted by atomic mass is 16.5. The SMILES string of the molecule is Cc1cn2c(n1)CC[C@H](NC(=O)[C@@H]1CCOc3ccccc31)C2. The molecule has 23 heavy (non-hydrogen) atoms. The van der Waals surface area contributed by atoms with Gasteiger partial charge in [-0.3, -0.25) is 4.79 Å². The number of carbonyl (C=O) groups excluding carboxylic acids is 1. The van der Waals surface area contributed by atoms with Crippen LogP contribution in [0.5, 0.6) is 5.75 Å². The molecule has 1 aromatic carbocycles. The van der Waals surface area contributed by atoms with Crippen molar-refractivity contribution < 1.29 is 9.53 Å². The van der Waals surface area contributed by atoms with Gasteiger partial charge in [0.1, 0.15) is 11.6 Å². The number of benzene rings is 1. The number of amides is 1. The van der Waals surface area contributed by atoms with Gasteiger partial charge in [-0.2, -0.15) is 0 Å². The Hall–Kier alpha value is -2.30. The third kappa shape index (κ3) is 2.71. The van der Waals surface area contributed by atoms with E-state index in [-0.39, 0.29) is 17.9 Å². The maximum absolute atomic E-state index is 12.8. The van der Waals surface area contributed by atoms with Crippen molar-refractivity contribution in [3.8, 4) is 5.75 Å². The average Bonchev–Trinajstić information content (AvgIpc) is 2.93. The zero-order valence-electron chi connectivity index (χ0n) is 13.3. The van der Waals surface area contributed by atoms with Gasteiger partial charge in [0.2, 0.25) is 5.91 Å². The topological polar surface area (TPSA) is 56.2 Å². The predicted molar refractivity (Wildman–Crippen MR) is 86.5 cm³/mol. The van der Waals surface area contributed by atoms with Crippen molar-refractivity contribution in [2.75, 3.05) is 6.61 Å². The molecule has 2 atom stereocenters. The first-order chi connectivity index (χ1) is 11.2. The predicted octanol–water partition coefficient (Wildman–Crippen LogP) is 2.19. The quantitative estimate of drug-likeness (QED) is 0.925. The van der Waals surface area contributed by atoms with Crippen molar-refractivity contribution in [3.05, 3.63) is 47.5 Å². The summed E-state index contributed by atoms with van der Waals surface area (Å²) in [6.07, 6.45) is 4.68. The van der Waals surface area contributed by atoms with Crippen LogP contribution in [0.4, 0.5) is 0 Å². The molecule has 5 nitrogen and oxygen atoms in total. The average molecular weight is 311 g/mol. The van der Waals surface area contributed by atoms with E-state index in [0.717, 1.165) is 48.6 Å². The minimum atomic E-state index is -0.106. The summed E-state index contributed by atoms with van der Waals surface area (Å²) in [5.41, 5.74) is 2.05. The van der Waals surface area contributed by atoms with E-state index in [1.54, 1.807) is 0 Å². The van der Waals surface area contributed by atoms with Crippen molar-refractivity contribution >= 4 is 5.91 Å². The molecular weight excluding hydrogens is 290 g/mol. The first-order valence-corrected chi connectivity index (χ1v) is 8.25. The zero-order valence-corrected chi connectivity index (χ0v) is 13.3. The lowest BCUT2D eigenvalue weighted by atomic mass is 9.92. The van der Waals surface area contributed by atoms with Crippen LogP contribution in [0.15, 0.2) is 30.5 Å². The molecule has 1 N–H and O–H groups in total. The molecule has 0 unspecified atom stereocenters. The molecule has 1 amide bonds. The van der Waals surface area contributed by atoms with Gasteiger partial charge >= 0.3 is 0 Å². The number of hydrogen-bond donors (Lipinski definition) is 1. The second-order valence-corrected chi connectivity index (χ2v) is 6.42. The van der Waals surface area contributed by atoms with Crippen molar-refractivity contribution in [1.29, 1.82) is 0 Å². The van der Waals surface area contributed by atoms with Crippen LogP contribution in [0.1, 0.15) is 35.8 Å². The van der Waals surface area contributed by atoms with Gasteiger partial charge in [-0.15, -0.1) is 0 Å². The van der Waals surface area contributed by atoms with E-state index in [9.17, 15) is 4.79 Å². The van der Waals surface area contributed by atoms with Crippen LogP contribution in [0.3, 0.4) is 0 Å². The second kappa shape index (κ2) is 5.72. The molecule has 0 saturated heterocycles. The number of nitrogens with one attached hydrogen (secondary N) is 1. The lowest BCUT2D eigenvalue weighted by Gasteiger charge is -2.29. The first-order valence-electron chi connectivity index (χ1n) is 8.25. The summed E-state index contributed by atoms with van der Waals surface area (Å²) < 4.78 is 7.82. The summed E-state index contributed by atoms with van der Waals surface area (Å²) in [6, 6.07) is 8.03. The summed E-state index contributed by atoms with van der Waals surface area (Å²) >= 11 is 0.